The van der Waals surface area contributed by atoms with Crippen molar-refractivity contribution in [2.75, 3.05) is 13.2 Å². The first-order chi connectivity index (χ1) is 13.7. The Kier molecular flexibility index (Phi) is 7.29. The van der Waals surface area contributed by atoms with Gasteiger partial charge >= 0.3 is 6.09 Å². The smallest absolute Gasteiger partial charge is 0.407 e. The number of benzene rings is 2. The summed E-state index contributed by atoms with van der Waals surface area (Å²) in [5, 5.41) is 6.90. The van der Waals surface area contributed by atoms with Gasteiger partial charge in [0.05, 0.1) is 19.3 Å². The zero-order chi connectivity index (χ0) is 19.6. The van der Waals surface area contributed by atoms with Crippen LogP contribution in [0.2, 0.25) is 0 Å². The number of hydrogen-bond acceptors (Lipinski definition) is 4. The van der Waals surface area contributed by atoms with Crippen LogP contribution in [-0.4, -0.2) is 37.5 Å². The monoisotopic (exact) mass is 380 g/mol. The van der Waals surface area contributed by atoms with E-state index in [1.54, 1.807) is 0 Å². The van der Waals surface area contributed by atoms with Gasteiger partial charge in [0.15, 0.2) is 0 Å². The zero-order valence-electron chi connectivity index (χ0n) is 15.6. The van der Waals surface area contributed by atoms with E-state index < -0.39 is 18.2 Å². The standard InChI is InChI=1S/C21H24N4O3/c22-25-24-20(14-17-9-5-2-6-10-17)19(13-16-7-3-1-4-8-16)23-21(26)28-18-11-12-27-15-18/h1-10,18-20H,11-15H2,(H,23,26)/t18-,19+,20+/m1/s1. The SMILES string of the molecule is [N-]=[N+]=N[C@@H](Cc1ccccc1)[C@H](Cc1ccccc1)NC(=O)O[C@@H]1CCOC1. The second kappa shape index (κ2) is 10.3. The van der Waals surface area contributed by atoms with Crippen molar-refractivity contribution in [1.29, 1.82) is 0 Å². The van der Waals surface area contributed by atoms with Crippen molar-refractivity contribution in [2.45, 2.75) is 37.5 Å². The highest BCUT2D eigenvalue weighted by Gasteiger charge is 2.26. The van der Waals surface area contributed by atoms with Gasteiger partial charge in [0.2, 0.25) is 0 Å². The van der Waals surface area contributed by atoms with Gasteiger partial charge in [-0.2, -0.15) is 0 Å². The minimum atomic E-state index is -0.511. The molecular weight excluding hydrogens is 356 g/mol. The topological polar surface area (TPSA) is 96.3 Å². The van der Waals surface area contributed by atoms with Crippen LogP contribution in [0.25, 0.3) is 10.4 Å². The lowest BCUT2D eigenvalue weighted by Gasteiger charge is -2.25. The van der Waals surface area contributed by atoms with Gasteiger partial charge in [-0.15, -0.1) is 0 Å². The highest BCUT2D eigenvalue weighted by molar-refractivity contribution is 5.68. The maximum absolute atomic E-state index is 12.4. The molecule has 1 heterocycles. The maximum atomic E-state index is 12.4. The van der Waals surface area contributed by atoms with Crippen molar-refractivity contribution in [3.05, 3.63) is 82.2 Å². The number of rotatable bonds is 8. The Labute approximate surface area is 164 Å². The molecule has 3 atom stereocenters. The fraction of sp³-hybridized carbons (Fsp3) is 0.381. The van der Waals surface area contributed by atoms with Gasteiger partial charge in [-0.1, -0.05) is 65.8 Å². The van der Waals surface area contributed by atoms with Crippen molar-refractivity contribution in [2.24, 2.45) is 5.11 Å². The van der Waals surface area contributed by atoms with Crippen LogP contribution >= 0.6 is 0 Å². The van der Waals surface area contributed by atoms with Crippen LogP contribution in [0.3, 0.4) is 0 Å². The number of nitrogens with one attached hydrogen (secondary N) is 1. The minimum absolute atomic E-state index is 0.232. The molecule has 0 unspecified atom stereocenters. The molecule has 0 aliphatic carbocycles. The molecule has 1 fully saturated rings. The molecule has 2 aromatic carbocycles. The molecule has 7 heteroatoms. The number of hydrogen-bond donors (Lipinski definition) is 1. The molecule has 1 saturated heterocycles. The molecule has 0 aromatic heterocycles. The van der Waals surface area contributed by atoms with Crippen LogP contribution in [0.15, 0.2) is 65.8 Å². The summed E-state index contributed by atoms with van der Waals surface area (Å²) < 4.78 is 10.7. The maximum Gasteiger partial charge on any atom is 0.407 e. The van der Waals surface area contributed by atoms with Crippen LogP contribution in [0.5, 0.6) is 0 Å². The van der Waals surface area contributed by atoms with Crippen LogP contribution in [-0.2, 0) is 22.3 Å². The Morgan fingerprint density at radius 1 is 1.14 bits per heavy atom. The summed E-state index contributed by atoms with van der Waals surface area (Å²) in [4.78, 5) is 15.5. The molecule has 1 aliphatic heterocycles. The summed E-state index contributed by atoms with van der Waals surface area (Å²) in [6.07, 6.45) is 1.01. The number of amides is 1. The van der Waals surface area contributed by atoms with E-state index in [1.165, 1.54) is 0 Å². The molecule has 0 spiro atoms. The van der Waals surface area contributed by atoms with Gasteiger partial charge in [-0.3, -0.25) is 0 Å². The van der Waals surface area contributed by atoms with E-state index in [2.05, 4.69) is 15.3 Å². The van der Waals surface area contributed by atoms with Gasteiger partial charge < -0.3 is 14.8 Å². The molecule has 0 saturated carbocycles. The lowest BCUT2D eigenvalue weighted by Crippen LogP contribution is -2.46. The minimum Gasteiger partial charge on any atom is -0.444 e. The summed E-state index contributed by atoms with van der Waals surface area (Å²) >= 11 is 0. The summed E-state index contributed by atoms with van der Waals surface area (Å²) in [6, 6.07) is 18.7. The third-order valence-electron chi connectivity index (χ3n) is 4.72. The van der Waals surface area contributed by atoms with Gasteiger partial charge in [-0.25, -0.2) is 4.79 Å². The largest absolute Gasteiger partial charge is 0.444 e. The van der Waals surface area contributed by atoms with E-state index in [0.717, 1.165) is 11.1 Å². The molecule has 0 bridgehead atoms. The van der Waals surface area contributed by atoms with Crippen LogP contribution in [0.1, 0.15) is 17.5 Å². The van der Waals surface area contributed by atoms with Crippen LogP contribution < -0.4 is 5.32 Å². The Morgan fingerprint density at radius 2 is 1.79 bits per heavy atom. The Balaban J connectivity index is 1.75. The molecule has 146 valence electrons. The first-order valence-corrected chi connectivity index (χ1v) is 9.41. The van der Waals surface area contributed by atoms with Gasteiger partial charge in [0.25, 0.3) is 0 Å². The molecule has 2 aromatic rings. The van der Waals surface area contributed by atoms with E-state index in [-0.39, 0.29) is 6.10 Å². The van der Waals surface area contributed by atoms with Crippen molar-refractivity contribution >= 4 is 6.09 Å². The van der Waals surface area contributed by atoms with E-state index in [9.17, 15) is 4.79 Å². The predicted octanol–water partition coefficient (Wildman–Crippen LogP) is 4.03. The average molecular weight is 380 g/mol. The predicted molar refractivity (Wildman–Crippen MR) is 106 cm³/mol. The van der Waals surface area contributed by atoms with E-state index in [0.29, 0.717) is 32.5 Å². The molecular formula is C21H24N4O3. The first-order valence-electron chi connectivity index (χ1n) is 9.41. The Bertz CT molecular complexity index is 788. The third kappa shape index (κ3) is 6.01. The van der Waals surface area contributed by atoms with Crippen molar-refractivity contribution in [1.82, 2.24) is 5.32 Å². The van der Waals surface area contributed by atoms with Crippen molar-refractivity contribution < 1.29 is 14.3 Å². The second-order valence-electron chi connectivity index (χ2n) is 6.79. The summed E-state index contributed by atoms with van der Waals surface area (Å²) in [7, 11) is 0. The Hall–Kier alpha value is -3.02. The molecule has 28 heavy (non-hydrogen) atoms. The van der Waals surface area contributed by atoms with Gasteiger partial charge in [0.1, 0.15) is 6.10 Å². The van der Waals surface area contributed by atoms with E-state index >= 15 is 0 Å². The van der Waals surface area contributed by atoms with Gasteiger partial charge in [-0.05, 0) is 29.5 Å². The lowest BCUT2D eigenvalue weighted by atomic mass is 9.95. The highest BCUT2D eigenvalue weighted by atomic mass is 16.6. The summed E-state index contributed by atoms with van der Waals surface area (Å²) in [5.74, 6) is 0. The number of azide groups is 1. The number of carbonyl (C=O) groups is 1. The zero-order valence-corrected chi connectivity index (χ0v) is 15.6. The third-order valence-corrected chi connectivity index (χ3v) is 4.72. The summed E-state index contributed by atoms with van der Waals surface area (Å²) in [6.45, 7) is 1.02. The normalized spacial score (nSPS) is 17.9. The molecule has 1 amide bonds. The van der Waals surface area contributed by atoms with Crippen molar-refractivity contribution in [3.63, 3.8) is 0 Å². The molecule has 0 radical (unpaired) electrons. The van der Waals surface area contributed by atoms with E-state index in [4.69, 9.17) is 15.0 Å². The number of ether oxygens (including phenoxy) is 2. The molecule has 1 N–H and O–H groups in total. The van der Waals surface area contributed by atoms with Crippen LogP contribution in [0, 0.1) is 0 Å². The number of carbonyl (C=O) groups excluding carboxylic acids is 1. The quantitative estimate of drug-likeness (QED) is 0.425. The number of nitrogens with zero attached hydrogens (tertiary/aromatic N) is 3. The van der Waals surface area contributed by atoms with E-state index in [1.807, 2.05) is 60.7 Å². The average Bonchev–Trinajstić information content (AvgIpc) is 3.22. The second-order valence-corrected chi connectivity index (χ2v) is 6.79. The number of alkyl carbamates (subject to hydrolysis) is 1. The lowest BCUT2D eigenvalue weighted by molar-refractivity contribution is 0.0799. The molecule has 3 rings (SSSR count). The molecule has 1 aliphatic rings. The first kappa shape index (κ1) is 19.7. The Morgan fingerprint density at radius 3 is 2.36 bits per heavy atom. The molecule has 7 nitrogen and oxygen atoms in total. The summed E-state index contributed by atoms with van der Waals surface area (Å²) in [5.41, 5.74) is 11.2. The fourth-order valence-corrected chi connectivity index (χ4v) is 3.28. The van der Waals surface area contributed by atoms with Gasteiger partial charge in [0, 0.05) is 17.4 Å². The van der Waals surface area contributed by atoms with Crippen molar-refractivity contribution in [3.8, 4) is 0 Å². The van der Waals surface area contributed by atoms with Crippen LogP contribution in [0.4, 0.5) is 4.79 Å². The fourth-order valence-electron chi connectivity index (χ4n) is 3.28. The highest BCUT2D eigenvalue weighted by Crippen LogP contribution is 2.16.